The Kier molecular flexibility index (Phi) is 4.23. The number of benzene rings is 1. The summed E-state index contributed by atoms with van der Waals surface area (Å²) in [5.41, 5.74) is 0.356. The van der Waals surface area contributed by atoms with Crippen LogP contribution in [0, 0.1) is 11.7 Å². The molecule has 2 atom stereocenters. The van der Waals surface area contributed by atoms with Crippen LogP contribution in [-0.2, 0) is 0 Å². The number of hydrogen-bond donors (Lipinski definition) is 1. The first-order valence-electron chi connectivity index (χ1n) is 6.14. The number of anilines is 1. The van der Waals surface area contributed by atoms with Crippen LogP contribution < -0.4 is 5.32 Å². The van der Waals surface area contributed by atoms with E-state index < -0.39 is 17.9 Å². The molecule has 1 fully saturated rings. The Morgan fingerprint density at radius 3 is 2.63 bits per heavy atom. The molecule has 2 rings (SSSR count). The van der Waals surface area contributed by atoms with Gasteiger partial charge in [-0.25, -0.2) is 4.39 Å². The summed E-state index contributed by atoms with van der Waals surface area (Å²) >= 11 is 5.89. The quantitative estimate of drug-likeness (QED) is 0.756. The Morgan fingerprint density at radius 1 is 1.21 bits per heavy atom. The van der Waals surface area contributed by atoms with Crippen LogP contribution in [0.3, 0.4) is 0 Å². The SMILES string of the molecule is Fc1ccc(Cl)c(NC2CCCC(C(F)(F)F)C2)c1. The van der Waals surface area contributed by atoms with E-state index in [-0.39, 0.29) is 18.9 Å². The van der Waals surface area contributed by atoms with E-state index in [0.717, 1.165) is 0 Å². The van der Waals surface area contributed by atoms with Crippen molar-refractivity contribution in [3.63, 3.8) is 0 Å². The Balaban J connectivity index is 2.05. The lowest BCUT2D eigenvalue weighted by Gasteiger charge is -2.31. The van der Waals surface area contributed by atoms with Gasteiger partial charge in [0.1, 0.15) is 5.82 Å². The summed E-state index contributed by atoms with van der Waals surface area (Å²) in [4.78, 5) is 0. The van der Waals surface area contributed by atoms with E-state index in [1.54, 1.807) is 0 Å². The van der Waals surface area contributed by atoms with Gasteiger partial charge >= 0.3 is 6.18 Å². The molecule has 6 heteroatoms. The molecule has 0 heterocycles. The largest absolute Gasteiger partial charge is 0.391 e. The standard InChI is InChI=1S/C13H14ClF4N/c14-11-5-4-9(15)7-12(11)19-10-3-1-2-8(6-10)13(16,17)18/h4-5,7-8,10,19H,1-3,6H2. The van der Waals surface area contributed by atoms with Gasteiger partial charge in [-0.3, -0.25) is 0 Å². The first-order valence-corrected chi connectivity index (χ1v) is 6.52. The fourth-order valence-corrected chi connectivity index (χ4v) is 2.62. The van der Waals surface area contributed by atoms with Crippen LogP contribution in [0.5, 0.6) is 0 Å². The molecule has 0 radical (unpaired) electrons. The maximum absolute atomic E-state index is 13.1. The van der Waals surface area contributed by atoms with Gasteiger partial charge in [0, 0.05) is 6.04 Å². The van der Waals surface area contributed by atoms with Gasteiger partial charge < -0.3 is 5.32 Å². The third-order valence-electron chi connectivity index (χ3n) is 3.43. The fraction of sp³-hybridized carbons (Fsp3) is 0.538. The van der Waals surface area contributed by atoms with Gasteiger partial charge in [0.2, 0.25) is 0 Å². The van der Waals surface area contributed by atoms with Gasteiger partial charge in [-0.2, -0.15) is 13.2 Å². The van der Waals surface area contributed by atoms with Crippen molar-refractivity contribution in [1.29, 1.82) is 0 Å². The lowest BCUT2D eigenvalue weighted by atomic mass is 9.85. The lowest BCUT2D eigenvalue weighted by Crippen LogP contribution is -2.34. The number of nitrogens with one attached hydrogen (secondary N) is 1. The fourth-order valence-electron chi connectivity index (χ4n) is 2.45. The predicted octanol–water partition coefficient (Wildman–Crippen LogP) is 5.01. The lowest BCUT2D eigenvalue weighted by molar-refractivity contribution is -0.182. The highest BCUT2D eigenvalue weighted by atomic mass is 35.5. The van der Waals surface area contributed by atoms with Crippen molar-refractivity contribution in [2.75, 3.05) is 5.32 Å². The molecule has 0 aromatic heterocycles. The third kappa shape index (κ3) is 3.75. The zero-order valence-electron chi connectivity index (χ0n) is 10.1. The van der Waals surface area contributed by atoms with E-state index in [2.05, 4.69) is 5.32 Å². The van der Waals surface area contributed by atoms with Gasteiger partial charge in [0.05, 0.1) is 16.6 Å². The Morgan fingerprint density at radius 2 is 1.95 bits per heavy atom. The summed E-state index contributed by atoms with van der Waals surface area (Å²) in [5.74, 6) is -1.75. The van der Waals surface area contributed by atoms with Crippen molar-refractivity contribution < 1.29 is 17.6 Å². The van der Waals surface area contributed by atoms with Gasteiger partial charge in [0.15, 0.2) is 0 Å². The first kappa shape index (κ1) is 14.4. The summed E-state index contributed by atoms with van der Waals surface area (Å²) < 4.78 is 51.1. The topological polar surface area (TPSA) is 12.0 Å². The first-order chi connectivity index (χ1) is 8.86. The van der Waals surface area contributed by atoms with E-state index in [0.29, 0.717) is 23.6 Å². The van der Waals surface area contributed by atoms with Crippen LogP contribution in [0.15, 0.2) is 18.2 Å². The molecule has 1 aliphatic rings. The van der Waals surface area contributed by atoms with Crippen LogP contribution in [0.1, 0.15) is 25.7 Å². The van der Waals surface area contributed by atoms with Crippen LogP contribution in [0.4, 0.5) is 23.2 Å². The van der Waals surface area contributed by atoms with Crippen molar-refractivity contribution >= 4 is 17.3 Å². The molecule has 1 N–H and O–H groups in total. The van der Waals surface area contributed by atoms with Crippen LogP contribution in [0.25, 0.3) is 0 Å². The highest BCUT2D eigenvalue weighted by molar-refractivity contribution is 6.33. The summed E-state index contributed by atoms with van der Waals surface area (Å²) in [6.45, 7) is 0. The van der Waals surface area contributed by atoms with Gasteiger partial charge in [-0.1, -0.05) is 18.0 Å². The molecular formula is C13H14ClF4N. The maximum Gasteiger partial charge on any atom is 0.391 e. The number of rotatable bonds is 2. The molecule has 2 unspecified atom stereocenters. The molecular weight excluding hydrogens is 282 g/mol. The molecule has 1 nitrogen and oxygen atoms in total. The minimum atomic E-state index is -4.16. The number of hydrogen-bond acceptors (Lipinski definition) is 1. The van der Waals surface area contributed by atoms with E-state index in [1.165, 1.54) is 18.2 Å². The normalized spacial score (nSPS) is 24.3. The smallest absolute Gasteiger partial charge is 0.381 e. The molecule has 0 amide bonds. The molecule has 1 aromatic rings. The van der Waals surface area contributed by atoms with Crippen LogP contribution in [-0.4, -0.2) is 12.2 Å². The summed E-state index contributed by atoms with van der Waals surface area (Å²) in [5, 5.41) is 3.24. The second-order valence-corrected chi connectivity index (χ2v) is 5.28. The van der Waals surface area contributed by atoms with E-state index in [4.69, 9.17) is 11.6 Å². The monoisotopic (exact) mass is 295 g/mol. The highest BCUT2D eigenvalue weighted by Gasteiger charge is 2.42. The summed E-state index contributed by atoms with van der Waals surface area (Å²) in [7, 11) is 0. The molecule has 0 bridgehead atoms. The Hall–Kier alpha value is -0.970. The predicted molar refractivity (Wildman–Crippen MR) is 66.8 cm³/mol. The average Bonchev–Trinajstić information content (AvgIpc) is 2.33. The molecule has 0 spiro atoms. The zero-order chi connectivity index (χ0) is 14.0. The molecule has 106 valence electrons. The molecule has 1 aliphatic carbocycles. The summed E-state index contributed by atoms with van der Waals surface area (Å²) in [6.07, 6.45) is -2.84. The van der Waals surface area contributed by atoms with Crippen LogP contribution in [0.2, 0.25) is 5.02 Å². The van der Waals surface area contributed by atoms with E-state index in [9.17, 15) is 17.6 Å². The van der Waals surface area contributed by atoms with Gasteiger partial charge in [0.25, 0.3) is 0 Å². The van der Waals surface area contributed by atoms with Gasteiger partial charge in [-0.05, 0) is 37.5 Å². The van der Waals surface area contributed by atoms with Gasteiger partial charge in [-0.15, -0.1) is 0 Å². The Labute approximate surface area is 113 Å². The zero-order valence-corrected chi connectivity index (χ0v) is 10.9. The summed E-state index contributed by atoms with van der Waals surface area (Å²) in [6, 6.07) is 3.50. The third-order valence-corrected chi connectivity index (χ3v) is 3.75. The number of alkyl halides is 3. The van der Waals surface area contributed by atoms with Crippen molar-refractivity contribution in [1.82, 2.24) is 0 Å². The Bertz CT molecular complexity index is 447. The second-order valence-electron chi connectivity index (χ2n) is 4.87. The van der Waals surface area contributed by atoms with Crippen molar-refractivity contribution in [2.24, 2.45) is 5.92 Å². The number of halogens is 5. The molecule has 1 aromatic carbocycles. The van der Waals surface area contributed by atoms with Crippen molar-refractivity contribution in [3.8, 4) is 0 Å². The van der Waals surface area contributed by atoms with E-state index in [1.807, 2.05) is 0 Å². The minimum absolute atomic E-state index is 0.0103. The van der Waals surface area contributed by atoms with Crippen molar-refractivity contribution in [2.45, 2.75) is 37.9 Å². The highest BCUT2D eigenvalue weighted by Crippen LogP contribution is 2.38. The average molecular weight is 296 g/mol. The molecule has 1 saturated carbocycles. The molecule has 19 heavy (non-hydrogen) atoms. The minimum Gasteiger partial charge on any atom is -0.381 e. The second kappa shape index (κ2) is 5.57. The van der Waals surface area contributed by atoms with Crippen molar-refractivity contribution in [3.05, 3.63) is 29.0 Å². The molecule has 0 aliphatic heterocycles. The van der Waals surface area contributed by atoms with Crippen LogP contribution >= 0.6 is 11.6 Å². The van der Waals surface area contributed by atoms with E-state index >= 15 is 0 Å². The molecule has 0 saturated heterocycles. The maximum atomic E-state index is 13.1.